The van der Waals surface area contributed by atoms with Gasteiger partial charge in [0.2, 0.25) is 0 Å². The maximum atomic E-state index is 14.0. The van der Waals surface area contributed by atoms with Crippen molar-refractivity contribution in [1.29, 1.82) is 0 Å². The van der Waals surface area contributed by atoms with Crippen molar-refractivity contribution < 1.29 is 19.1 Å². The van der Waals surface area contributed by atoms with Gasteiger partial charge in [0.15, 0.2) is 0 Å². The average Bonchev–Trinajstić information content (AvgIpc) is 3.10. The van der Waals surface area contributed by atoms with E-state index < -0.39 is 6.10 Å². The van der Waals surface area contributed by atoms with Gasteiger partial charge in [-0.05, 0) is 23.8 Å². The lowest BCUT2D eigenvalue weighted by molar-refractivity contribution is 0.00922. The second-order valence-electron chi connectivity index (χ2n) is 6.88. The van der Waals surface area contributed by atoms with E-state index in [4.69, 9.17) is 21.2 Å². The lowest BCUT2D eigenvalue weighted by atomic mass is 10.0. The molecule has 0 bridgehead atoms. The standard InChI is InChI=1S/C21H24ClFN2O3/c1-27-14-17(26)12-25(11-15-5-4-6-16(22)9-15)13-18-10-21(24-28-18)19-7-2-3-8-20(19)23/h2-9,17-18,26H,10-14H2,1H3. The highest BCUT2D eigenvalue weighted by molar-refractivity contribution is 6.30. The molecule has 150 valence electrons. The SMILES string of the molecule is COCC(O)CN(Cc1cccc(Cl)c1)CC1CC(c2ccccc2F)=NO1. The minimum absolute atomic E-state index is 0.219. The predicted molar refractivity (Wildman–Crippen MR) is 107 cm³/mol. The van der Waals surface area contributed by atoms with Gasteiger partial charge in [0, 0.05) is 43.8 Å². The van der Waals surface area contributed by atoms with Crippen molar-refractivity contribution in [2.24, 2.45) is 5.16 Å². The van der Waals surface area contributed by atoms with Gasteiger partial charge in [-0.1, -0.05) is 47.1 Å². The fraction of sp³-hybridized carbons (Fsp3) is 0.381. The topological polar surface area (TPSA) is 54.3 Å². The van der Waals surface area contributed by atoms with Crippen molar-refractivity contribution in [2.45, 2.75) is 25.2 Å². The monoisotopic (exact) mass is 406 g/mol. The first kappa shape index (κ1) is 20.7. The van der Waals surface area contributed by atoms with Crippen molar-refractivity contribution in [3.8, 4) is 0 Å². The molecule has 0 saturated heterocycles. The Morgan fingerprint density at radius 3 is 2.89 bits per heavy atom. The lowest BCUT2D eigenvalue weighted by Crippen LogP contribution is -2.39. The molecule has 0 radical (unpaired) electrons. The maximum Gasteiger partial charge on any atom is 0.145 e. The van der Waals surface area contributed by atoms with Gasteiger partial charge < -0.3 is 14.7 Å². The minimum atomic E-state index is -0.627. The van der Waals surface area contributed by atoms with Crippen LogP contribution in [0.3, 0.4) is 0 Å². The third-order valence-corrected chi connectivity index (χ3v) is 4.74. The number of aliphatic hydroxyl groups excluding tert-OH is 1. The molecule has 2 atom stereocenters. The summed E-state index contributed by atoms with van der Waals surface area (Å²) in [7, 11) is 1.55. The Labute approximate surface area is 169 Å². The zero-order valence-corrected chi connectivity index (χ0v) is 16.5. The normalized spacial score (nSPS) is 17.5. The molecule has 0 amide bonds. The summed E-state index contributed by atoms with van der Waals surface area (Å²) in [5.41, 5.74) is 2.10. The average molecular weight is 407 g/mol. The number of methoxy groups -OCH3 is 1. The third-order valence-electron chi connectivity index (χ3n) is 4.50. The first-order valence-corrected chi connectivity index (χ1v) is 9.54. The van der Waals surface area contributed by atoms with Crippen LogP contribution in [0.5, 0.6) is 0 Å². The highest BCUT2D eigenvalue weighted by Crippen LogP contribution is 2.21. The van der Waals surface area contributed by atoms with Gasteiger partial charge in [-0.25, -0.2) is 4.39 Å². The molecule has 0 saturated carbocycles. The van der Waals surface area contributed by atoms with Crippen LogP contribution < -0.4 is 0 Å². The summed E-state index contributed by atoms with van der Waals surface area (Å²) in [6.07, 6.45) is -0.339. The molecule has 0 aromatic heterocycles. The molecule has 0 aliphatic carbocycles. The zero-order chi connectivity index (χ0) is 19.9. The van der Waals surface area contributed by atoms with Gasteiger partial charge in [0.05, 0.1) is 18.4 Å². The number of nitrogens with zero attached hydrogens (tertiary/aromatic N) is 2. The number of ether oxygens (including phenoxy) is 1. The molecule has 2 aromatic carbocycles. The van der Waals surface area contributed by atoms with Gasteiger partial charge in [0.25, 0.3) is 0 Å². The first-order chi connectivity index (χ1) is 13.5. The van der Waals surface area contributed by atoms with E-state index in [0.717, 1.165) is 5.56 Å². The number of rotatable bonds is 9. The van der Waals surface area contributed by atoms with Crippen molar-refractivity contribution in [3.63, 3.8) is 0 Å². The molecule has 28 heavy (non-hydrogen) atoms. The van der Waals surface area contributed by atoms with Gasteiger partial charge in [-0.3, -0.25) is 4.90 Å². The summed E-state index contributed by atoms with van der Waals surface area (Å²) in [6, 6.07) is 14.1. The minimum Gasteiger partial charge on any atom is -0.390 e. The van der Waals surface area contributed by atoms with Crippen LogP contribution in [0.2, 0.25) is 5.02 Å². The number of oxime groups is 1. The van der Waals surface area contributed by atoms with Crippen LogP contribution in [-0.4, -0.2) is 54.7 Å². The Kier molecular flexibility index (Phi) is 7.39. The number of aliphatic hydroxyl groups is 1. The van der Waals surface area contributed by atoms with Crippen LogP contribution in [0.1, 0.15) is 17.5 Å². The van der Waals surface area contributed by atoms with Crippen molar-refractivity contribution in [3.05, 3.63) is 70.5 Å². The second-order valence-corrected chi connectivity index (χ2v) is 7.32. The summed E-state index contributed by atoms with van der Waals surface area (Å²) in [6.45, 7) is 1.79. The Bertz CT molecular complexity index is 818. The van der Waals surface area contributed by atoms with E-state index in [-0.39, 0.29) is 18.5 Å². The Morgan fingerprint density at radius 2 is 2.14 bits per heavy atom. The van der Waals surface area contributed by atoms with E-state index in [0.29, 0.717) is 42.4 Å². The van der Waals surface area contributed by atoms with E-state index in [1.165, 1.54) is 6.07 Å². The van der Waals surface area contributed by atoms with Crippen molar-refractivity contribution >= 4 is 17.3 Å². The molecule has 2 unspecified atom stereocenters. The summed E-state index contributed by atoms with van der Waals surface area (Å²) < 4.78 is 19.0. The predicted octanol–water partition coefficient (Wildman–Crippen LogP) is 3.48. The fourth-order valence-corrected chi connectivity index (χ4v) is 3.52. The zero-order valence-electron chi connectivity index (χ0n) is 15.7. The third kappa shape index (κ3) is 5.75. The Hall–Kier alpha value is -1.99. The first-order valence-electron chi connectivity index (χ1n) is 9.16. The second kappa shape index (κ2) is 9.98. The van der Waals surface area contributed by atoms with Crippen LogP contribution in [-0.2, 0) is 16.1 Å². The number of benzene rings is 2. The van der Waals surface area contributed by atoms with Gasteiger partial charge in [-0.2, -0.15) is 0 Å². The number of hydrogen-bond acceptors (Lipinski definition) is 5. The number of hydrogen-bond donors (Lipinski definition) is 1. The summed E-state index contributed by atoms with van der Waals surface area (Å²) >= 11 is 6.09. The summed E-state index contributed by atoms with van der Waals surface area (Å²) in [5, 5.41) is 14.9. The van der Waals surface area contributed by atoms with Crippen LogP contribution >= 0.6 is 11.6 Å². The molecule has 3 rings (SSSR count). The van der Waals surface area contributed by atoms with Gasteiger partial charge in [-0.15, -0.1) is 0 Å². The highest BCUT2D eigenvalue weighted by Gasteiger charge is 2.27. The van der Waals surface area contributed by atoms with Crippen molar-refractivity contribution in [2.75, 3.05) is 26.8 Å². The lowest BCUT2D eigenvalue weighted by Gasteiger charge is -2.26. The molecule has 0 fully saturated rings. The molecule has 1 heterocycles. The molecule has 2 aromatic rings. The van der Waals surface area contributed by atoms with E-state index >= 15 is 0 Å². The van der Waals surface area contributed by atoms with E-state index in [1.54, 1.807) is 25.3 Å². The van der Waals surface area contributed by atoms with Crippen LogP contribution in [0.4, 0.5) is 4.39 Å². The molecule has 1 aliphatic rings. The Balaban J connectivity index is 1.65. The molecular formula is C21H24ClFN2O3. The van der Waals surface area contributed by atoms with E-state index in [2.05, 4.69) is 10.1 Å². The molecule has 7 heteroatoms. The van der Waals surface area contributed by atoms with E-state index in [1.807, 2.05) is 24.3 Å². The smallest absolute Gasteiger partial charge is 0.145 e. The van der Waals surface area contributed by atoms with Crippen LogP contribution in [0.15, 0.2) is 53.7 Å². The number of halogens is 2. The quantitative estimate of drug-likeness (QED) is 0.692. The highest BCUT2D eigenvalue weighted by atomic mass is 35.5. The molecule has 1 N–H and O–H groups in total. The fourth-order valence-electron chi connectivity index (χ4n) is 3.31. The van der Waals surface area contributed by atoms with Gasteiger partial charge >= 0.3 is 0 Å². The van der Waals surface area contributed by atoms with E-state index in [9.17, 15) is 9.50 Å². The Morgan fingerprint density at radius 1 is 1.32 bits per heavy atom. The largest absolute Gasteiger partial charge is 0.390 e. The molecule has 0 spiro atoms. The molecule has 1 aliphatic heterocycles. The maximum absolute atomic E-state index is 14.0. The molecule has 5 nitrogen and oxygen atoms in total. The molecular weight excluding hydrogens is 383 g/mol. The van der Waals surface area contributed by atoms with Crippen LogP contribution in [0.25, 0.3) is 0 Å². The van der Waals surface area contributed by atoms with Crippen LogP contribution in [0, 0.1) is 5.82 Å². The summed E-state index contributed by atoms with van der Waals surface area (Å²) in [4.78, 5) is 7.62. The van der Waals surface area contributed by atoms with Gasteiger partial charge in [0.1, 0.15) is 11.9 Å². The summed E-state index contributed by atoms with van der Waals surface area (Å²) in [5.74, 6) is -0.309. The van der Waals surface area contributed by atoms with Crippen molar-refractivity contribution in [1.82, 2.24) is 4.90 Å².